The highest BCUT2D eigenvalue weighted by Gasteiger charge is 2.18. The van der Waals surface area contributed by atoms with Crippen LogP contribution >= 0.6 is 11.3 Å². The topological polar surface area (TPSA) is 33.2 Å². The van der Waals surface area contributed by atoms with Gasteiger partial charge < -0.3 is 0 Å². The van der Waals surface area contributed by atoms with E-state index < -0.39 is 0 Å². The summed E-state index contributed by atoms with van der Waals surface area (Å²) in [6.45, 7) is 4.56. The molecule has 4 heteroatoms. The van der Waals surface area contributed by atoms with Gasteiger partial charge in [-0.2, -0.15) is 0 Å². The minimum absolute atomic E-state index is 0.375. The zero-order valence-electron chi connectivity index (χ0n) is 8.32. The van der Waals surface area contributed by atoms with Crippen molar-refractivity contribution in [3.05, 3.63) is 16.1 Å². The van der Waals surface area contributed by atoms with Crippen LogP contribution in [0.5, 0.6) is 0 Å². The number of likely N-dealkylation sites (tertiary alicyclic amines) is 1. The molecule has 0 aliphatic carbocycles. The van der Waals surface area contributed by atoms with Crippen molar-refractivity contribution in [2.24, 2.45) is 0 Å². The number of rotatable bonds is 3. The lowest BCUT2D eigenvalue weighted by Crippen LogP contribution is -2.23. The van der Waals surface area contributed by atoms with Crippen LogP contribution in [0.3, 0.4) is 0 Å². The highest BCUT2D eigenvalue weighted by atomic mass is 32.1. The van der Waals surface area contributed by atoms with Gasteiger partial charge in [0.15, 0.2) is 0 Å². The molecule has 0 bridgehead atoms. The zero-order valence-corrected chi connectivity index (χ0v) is 9.14. The third-order valence-corrected chi connectivity index (χ3v) is 3.44. The van der Waals surface area contributed by atoms with E-state index in [-0.39, 0.29) is 0 Å². The molecular formula is C10H14N2OS. The Morgan fingerprint density at radius 2 is 2.50 bits per heavy atom. The molecule has 1 aliphatic heterocycles. The molecule has 1 aliphatic rings. The van der Waals surface area contributed by atoms with Gasteiger partial charge >= 0.3 is 0 Å². The summed E-state index contributed by atoms with van der Waals surface area (Å²) in [5, 5.41) is 3.26. The third kappa shape index (κ3) is 2.39. The van der Waals surface area contributed by atoms with Gasteiger partial charge in [-0.1, -0.05) is 0 Å². The summed E-state index contributed by atoms with van der Waals surface area (Å²) in [5.74, 6) is 0.375. The first kappa shape index (κ1) is 9.80. The van der Waals surface area contributed by atoms with Crippen molar-refractivity contribution < 1.29 is 4.79 Å². The maximum absolute atomic E-state index is 11.0. The van der Waals surface area contributed by atoms with Gasteiger partial charge in [0.1, 0.15) is 5.78 Å². The summed E-state index contributed by atoms with van der Waals surface area (Å²) >= 11 is 1.71. The fraction of sp³-hybridized carbons (Fsp3) is 0.600. The summed E-state index contributed by atoms with van der Waals surface area (Å²) in [4.78, 5) is 17.6. The smallest absolute Gasteiger partial charge is 0.148 e. The fourth-order valence-corrected chi connectivity index (χ4v) is 2.42. The van der Waals surface area contributed by atoms with Gasteiger partial charge in [0.05, 0.1) is 11.6 Å². The Morgan fingerprint density at radius 1 is 1.64 bits per heavy atom. The first-order chi connectivity index (χ1) is 6.74. The summed E-state index contributed by atoms with van der Waals surface area (Å²) in [6, 6.07) is 0. The molecule has 76 valence electrons. The molecule has 0 amide bonds. The van der Waals surface area contributed by atoms with Crippen molar-refractivity contribution in [1.29, 1.82) is 0 Å². The standard InChI is InChI=1S/C10H14N2OS/c1-8-7-14-10(11-8)3-5-12-4-2-9(13)6-12/h7H,2-6H2,1H3. The van der Waals surface area contributed by atoms with Crippen molar-refractivity contribution in [1.82, 2.24) is 9.88 Å². The van der Waals surface area contributed by atoms with E-state index in [1.165, 1.54) is 5.01 Å². The van der Waals surface area contributed by atoms with E-state index in [1.807, 2.05) is 6.92 Å². The molecule has 0 aromatic carbocycles. The Labute approximate surface area is 87.8 Å². The molecule has 2 heterocycles. The Kier molecular flexibility index (Phi) is 2.93. The predicted octanol–water partition coefficient (Wildman–Crippen LogP) is 1.27. The number of carbonyl (C=O) groups is 1. The maximum atomic E-state index is 11.0. The van der Waals surface area contributed by atoms with Gasteiger partial charge in [-0.3, -0.25) is 9.69 Å². The second-order valence-corrected chi connectivity index (χ2v) is 4.64. The molecule has 2 rings (SSSR count). The van der Waals surface area contributed by atoms with Crippen molar-refractivity contribution >= 4 is 17.1 Å². The Hall–Kier alpha value is -0.740. The lowest BCUT2D eigenvalue weighted by Gasteiger charge is -2.11. The normalized spacial score (nSPS) is 17.9. The van der Waals surface area contributed by atoms with Crippen LogP contribution in [0, 0.1) is 6.92 Å². The molecule has 1 saturated heterocycles. The molecule has 3 nitrogen and oxygen atoms in total. The number of aryl methyl sites for hydroxylation is 1. The van der Waals surface area contributed by atoms with Crippen LogP contribution < -0.4 is 0 Å². The van der Waals surface area contributed by atoms with Crippen LogP contribution in [0.2, 0.25) is 0 Å². The number of ketones is 1. The Morgan fingerprint density at radius 3 is 3.07 bits per heavy atom. The lowest BCUT2D eigenvalue weighted by molar-refractivity contribution is -0.116. The van der Waals surface area contributed by atoms with Gasteiger partial charge in [-0.05, 0) is 6.92 Å². The SMILES string of the molecule is Cc1csc(CCN2CCC(=O)C2)n1. The minimum Gasteiger partial charge on any atom is -0.298 e. The van der Waals surface area contributed by atoms with Crippen LogP contribution in [0.25, 0.3) is 0 Å². The number of hydrogen-bond acceptors (Lipinski definition) is 4. The first-order valence-electron chi connectivity index (χ1n) is 4.89. The summed E-state index contributed by atoms with van der Waals surface area (Å²) < 4.78 is 0. The van der Waals surface area contributed by atoms with Gasteiger partial charge in [0, 0.05) is 37.0 Å². The van der Waals surface area contributed by atoms with E-state index in [9.17, 15) is 4.79 Å². The molecule has 14 heavy (non-hydrogen) atoms. The van der Waals surface area contributed by atoms with Crippen molar-refractivity contribution in [3.63, 3.8) is 0 Å². The molecule has 1 fully saturated rings. The van der Waals surface area contributed by atoms with E-state index >= 15 is 0 Å². The number of nitrogens with zero attached hydrogens (tertiary/aromatic N) is 2. The lowest BCUT2D eigenvalue weighted by atomic mass is 10.4. The van der Waals surface area contributed by atoms with Crippen molar-refractivity contribution in [2.75, 3.05) is 19.6 Å². The second kappa shape index (κ2) is 4.19. The molecule has 0 atom stereocenters. The predicted molar refractivity (Wildman–Crippen MR) is 56.6 cm³/mol. The van der Waals surface area contributed by atoms with E-state index in [0.717, 1.165) is 31.6 Å². The molecule has 0 spiro atoms. The zero-order chi connectivity index (χ0) is 9.97. The molecule has 1 aromatic heterocycles. The monoisotopic (exact) mass is 210 g/mol. The third-order valence-electron chi connectivity index (χ3n) is 2.42. The van der Waals surface area contributed by atoms with Crippen LogP contribution in [0.1, 0.15) is 17.1 Å². The number of thiazole rings is 1. The summed E-state index contributed by atoms with van der Waals surface area (Å²) in [6.07, 6.45) is 1.71. The van der Waals surface area contributed by atoms with Crippen LogP contribution in [-0.2, 0) is 11.2 Å². The van der Waals surface area contributed by atoms with Crippen molar-refractivity contribution in [3.8, 4) is 0 Å². The van der Waals surface area contributed by atoms with Gasteiger partial charge in [0.2, 0.25) is 0 Å². The van der Waals surface area contributed by atoms with Gasteiger partial charge in [0.25, 0.3) is 0 Å². The molecule has 0 N–H and O–H groups in total. The summed E-state index contributed by atoms with van der Waals surface area (Å²) in [7, 11) is 0. The highest BCUT2D eigenvalue weighted by Crippen LogP contribution is 2.11. The molecule has 0 unspecified atom stereocenters. The van der Waals surface area contributed by atoms with Gasteiger partial charge in [-0.15, -0.1) is 11.3 Å². The van der Waals surface area contributed by atoms with Crippen LogP contribution in [-0.4, -0.2) is 35.3 Å². The minimum atomic E-state index is 0.375. The average molecular weight is 210 g/mol. The number of Topliss-reactive ketones (excluding diaryl/α,β-unsaturated/α-hetero) is 1. The van der Waals surface area contributed by atoms with Crippen LogP contribution in [0.15, 0.2) is 5.38 Å². The quantitative estimate of drug-likeness (QED) is 0.753. The van der Waals surface area contributed by atoms with Crippen LogP contribution in [0.4, 0.5) is 0 Å². The average Bonchev–Trinajstić information content (AvgIpc) is 2.72. The largest absolute Gasteiger partial charge is 0.298 e. The molecule has 1 aromatic rings. The Bertz CT molecular complexity index is 335. The number of carbonyl (C=O) groups excluding carboxylic acids is 1. The fourth-order valence-electron chi connectivity index (χ4n) is 1.65. The van der Waals surface area contributed by atoms with E-state index in [0.29, 0.717) is 12.3 Å². The first-order valence-corrected chi connectivity index (χ1v) is 5.77. The van der Waals surface area contributed by atoms with Crippen molar-refractivity contribution in [2.45, 2.75) is 19.8 Å². The van der Waals surface area contributed by atoms with E-state index in [1.54, 1.807) is 11.3 Å². The molecule has 0 radical (unpaired) electrons. The summed E-state index contributed by atoms with van der Waals surface area (Å²) in [5.41, 5.74) is 1.10. The number of aromatic nitrogens is 1. The van der Waals surface area contributed by atoms with E-state index in [2.05, 4.69) is 15.3 Å². The highest BCUT2D eigenvalue weighted by molar-refractivity contribution is 7.09. The Balaban J connectivity index is 1.80. The molecule has 0 saturated carbocycles. The second-order valence-electron chi connectivity index (χ2n) is 3.70. The van der Waals surface area contributed by atoms with Gasteiger partial charge in [-0.25, -0.2) is 4.98 Å². The molecular weight excluding hydrogens is 196 g/mol. The maximum Gasteiger partial charge on any atom is 0.148 e. The van der Waals surface area contributed by atoms with E-state index in [4.69, 9.17) is 0 Å². The number of hydrogen-bond donors (Lipinski definition) is 0.